The van der Waals surface area contributed by atoms with Gasteiger partial charge < -0.3 is 15.1 Å². The summed E-state index contributed by atoms with van der Waals surface area (Å²) in [5.74, 6) is 0.933. The van der Waals surface area contributed by atoms with Crippen molar-refractivity contribution < 1.29 is 4.79 Å². The maximum absolute atomic E-state index is 12.3. The van der Waals surface area contributed by atoms with E-state index in [9.17, 15) is 4.79 Å². The maximum Gasteiger partial charge on any atom is 0.236 e. The summed E-state index contributed by atoms with van der Waals surface area (Å²) >= 11 is 0. The molecule has 2 atom stereocenters. The molecule has 2 aliphatic heterocycles. The van der Waals surface area contributed by atoms with Gasteiger partial charge >= 0.3 is 0 Å². The first-order valence-corrected chi connectivity index (χ1v) is 7.46. The van der Waals surface area contributed by atoms with E-state index in [0.717, 1.165) is 45.7 Å². The Hall–Kier alpha value is -0.650. The summed E-state index contributed by atoms with van der Waals surface area (Å²) < 4.78 is 0. The van der Waals surface area contributed by atoms with E-state index in [1.54, 1.807) is 0 Å². The molecule has 2 aliphatic rings. The van der Waals surface area contributed by atoms with Crippen molar-refractivity contribution in [2.45, 2.75) is 19.4 Å². The highest BCUT2D eigenvalue weighted by atomic mass is 16.2. The standard InChI is InChI=1S/C14H28N4O/c1-12-10-17(5-4-13(12)15-2)11-14(19)18-8-6-16(3)7-9-18/h12-13,15H,4-11H2,1-3H3. The highest BCUT2D eigenvalue weighted by Crippen LogP contribution is 2.16. The largest absolute Gasteiger partial charge is 0.339 e. The molecule has 2 unspecified atom stereocenters. The summed E-state index contributed by atoms with van der Waals surface area (Å²) in [6, 6.07) is 0.606. The van der Waals surface area contributed by atoms with Gasteiger partial charge in [-0.2, -0.15) is 0 Å². The molecule has 110 valence electrons. The highest BCUT2D eigenvalue weighted by molar-refractivity contribution is 5.78. The monoisotopic (exact) mass is 268 g/mol. The Morgan fingerprint density at radius 2 is 1.89 bits per heavy atom. The number of piperazine rings is 1. The minimum atomic E-state index is 0.309. The Morgan fingerprint density at radius 3 is 2.47 bits per heavy atom. The van der Waals surface area contributed by atoms with Crippen LogP contribution in [0.15, 0.2) is 0 Å². The van der Waals surface area contributed by atoms with E-state index >= 15 is 0 Å². The molecule has 0 aromatic carbocycles. The molecule has 2 rings (SSSR count). The molecule has 2 fully saturated rings. The zero-order chi connectivity index (χ0) is 13.8. The second-order valence-electron chi connectivity index (χ2n) is 6.08. The van der Waals surface area contributed by atoms with Crippen LogP contribution < -0.4 is 5.32 Å². The third-order valence-electron chi connectivity index (χ3n) is 4.58. The van der Waals surface area contributed by atoms with E-state index in [-0.39, 0.29) is 0 Å². The zero-order valence-electron chi connectivity index (χ0n) is 12.6. The fourth-order valence-corrected chi connectivity index (χ4v) is 3.15. The van der Waals surface area contributed by atoms with Crippen LogP contribution in [0.4, 0.5) is 0 Å². The first kappa shape index (κ1) is 14.8. The first-order valence-electron chi connectivity index (χ1n) is 7.46. The van der Waals surface area contributed by atoms with Gasteiger partial charge in [-0.05, 0) is 26.4 Å². The summed E-state index contributed by atoms with van der Waals surface area (Å²) in [6.45, 7) is 8.72. The molecule has 0 radical (unpaired) electrons. The molecule has 0 aliphatic carbocycles. The smallest absolute Gasteiger partial charge is 0.236 e. The fourth-order valence-electron chi connectivity index (χ4n) is 3.15. The predicted molar refractivity (Wildman–Crippen MR) is 77.1 cm³/mol. The first-order chi connectivity index (χ1) is 9.10. The Morgan fingerprint density at radius 1 is 1.21 bits per heavy atom. The number of carbonyl (C=O) groups is 1. The molecule has 5 nitrogen and oxygen atoms in total. The lowest BCUT2D eigenvalue weighted by Crippen LogP contribution is -2.53. The Labute approximate surface area is 116 Å². The molecule has 0 bridgehead atoms. The minimum Gasteiger partial charge on any atom is -0.339 e. The number of hydrogen-bond acceptors (Lipinski definition) is 4. The van der Waals surface area contributed by atoms with Gasteiger partial charge in [0, 0.05) is 45.3 Å². The van der Waals surface area contributed by atoms with Crippen molar-refractivity contribution in [3.8, 4) is 0 Å². The average molecular weight is 268 g/mol. The van der Waals surface area contributed by atoms with E-state index in [1.807, 2.05) is 11.9 Å². The highest BCUT2D eigenvalue weighted by Gasteiger charge is 2.27. The molecule has 1 amide bonds. The molecule has 0 saturated carbocycles. The summed E-state index contributed by atoms with van der Waals surface area (Å²) in [6.07, 6.45) is 1.15. The third kappa shape index (κ3) is 3.91. The molecular weight excluding hydrogens is 240 g/mol. The van der Waals surface area contributed by atoms with Gasteiger partial charge in [0.1, 0.15) is 0 Å². The second-order valence-corrected chi connectivity index (χ2v) is 6.08. The van der Waals surface area contributed by atoms with Gasteiger partial charge in [0.15, 0.2) is 0 Å². The molecule has 0 aromatic rings. The molecule has 2 saturated heterocycles. The van der Waals surface area contributed by atoms with Gasteiger partial charge in [-0.1, -0.05) is 6.92 Å². The van der Waals surface area contributed by atoms with E-state index < -0.39 is 0 Å². The van der Waals surface area contributed by atoms with Gasteiger partial charge in [0.25, 0.3) is 0 Å². The van der Waals surface area contributed by atoms with Crippen molar-refractivity contribution in [3.63, 3.8) is 0 Å². The Kier molecular flexibility index (Phi) is 5.19. The molecule has 1 N–H and O–H groups in total. The number of nitrogens with zero attached hydrogens (tertiary/aromatic N) is 3. The van der Waals surface area contributed by atoms with Crippen LogP contribution in [0.3, 0.4) is 0 Å². The van der Waals surface area contributed by atoms with Crippen molar-refractivity contribution in [1.82, 2.24) is 20.0 Å². The number of rotatable bonds is 3. The van der Waals surface area contributed by atoms with E-state index in [1.165, 1.54) is 0 Å². The summed E-state index contributed by atoms with van der Waals surface area (Å²) in [7, 11) is 4.15. The van der Waals surface area contributed by atoms with Crippen molar-refractivity contribution >= 4 is 5.91 Å². The molecule has 2 heterocycles. The zero-order valence-corrected chi connectivity index (χ0v) is 12.6. The normalized spacial score (nSPS) is 30.6. The van der Waals surface area contributed by atoms with E-state index in [2.05, 4.69) is 29.1 Å². The maximum atomic E-state index is 12.3. The van der Waals surface area contributed by atoms with Crippen LogP contribution >= 0.6 is 0 Å². The number of likely N-dealkylation sites (tertiary alicyclic amines) is 1. The van der Waals surface area contributed by atoms with Crippen LogP contribution in [0.1, 0.15) is 13.3 Å². The van der Waals surface area contributed by atoms with Crippen LogP contribution in [-0.2, 0) is 4.79 Å². The lowest BCUT2D eigenvalue weighted by Gasteiger charge is -2.38. The number of hydrogen-bond donors (Lipinski definition) is 1. The second kappa shape index (κ2) is 6.68. The van der Waals surface area contributed by atoms with Gasteiger partial charge in [0.2, 0.25) is 5.91 Å². The Balaban J connectivity index is 1.77. The van der Waals surface area contributed by atoms with Gasteiger partial charge in [-0.15, -0.1) is 0 Å². The van der Waals surface area contributed by atoms with Crippen LogP contribution in [0.25, 0.3) is 0 Å². The van der Waals surface area contributed by atoms with Crippen LogP contribution in [0.2, 0.25) is 0 Å². The number of piperidine rings is 1. The van der Waals surface area contributed by atoms with Crippen LogP contribution in [0, 0.1) is 5.92 Å². The van der Waals surface area contributed by atoms with Crippen molar-refractivity contribution in [2.24, 2.45) is 5.92 Å². The molecule has 5 heteroatoms. The molecule has 0 aromatic heterocycles. The molecule has 19 heavy (non-hydrogen) atoms. The lowest BCUT2D eigenvalue weighted by atomic mass is 9.94. The van der Waals surface area contributed by atoms with E-state index in [4.69, 9.17) is 0 Å². The quantitative estimate of drug-likeness (QED) is 0.762. The number of likely N-dealkylation sites (N-methyl/N-ethyl adjacent to an activating group) is 1. The Bertz CT molecular complexity index is 302. The van der Waals surface area contributed by atoms with Crippen molar-refractivity contribution in [1.29, 1.82) is 0 Å². The minimum absolute atomic E-state index is 0.309. The van der Waals surface area contributed by atoms with Crippen molar-refractivity contribution in [2.75, 3.05) is 59.9 Å². The topological polar surface area (TPSA) is 38.8 Å². The van der Waals surface area contributed by atoms with Crippen molar-refractivity contribution in [3.05, 3.63) is 0 Å². The number of amides is 1. The van der Waals surface area contributed by atoms with E-state index in [0.29, 0.717) is 24.4 Å². The van der Waals surface area contributed by atoms with Gasteiger partial charge in [-0.25, -0.2) is 0 Å². The molecule has 0 spiro atoms. The molecular formula is C14H28N4O. The predicted octanol–water partition coefficient (Wildman–Crippen LogP) is -0.310. The van der Waals surface area contributed by atoms with Gasteiger partial charge in [0.05, 0.1) is 6.54 Å². The SMILES string of the molecule is CNC1CCN(CC(=O)N2CCN(C)CC2)CC1C. The average Bonchev–Trinajstić information content (AvgIpc) is 2.39. The lowest BCUT2D eigenvalue weighted by molar-refractivity contribution is -0.134. The number of carbonyl (C=O) groups excluding carboxylic acids is 1. The fraction of sp³-hybridized carbons (Fsp3) is 0.929. The number of nitrogens with one attached hydrogen (secondary N) is 1. The van der Waals surface area contributed by atoms with Crippen LogP contribution in [-0.4, -0.2) is 86.6 Å². The summed E-state index contributed by atoms with van der Waals surface area (Å²) in [4.78, 5) is 18.9. The van der Waals surface area contributed by atoms with Crippen LogP contribution in [0.5, 0.6) is 0 Å². The summed E-state index contributed by atoms with van der Waals surface area (Å²) in [5.41, 5.74) is 0. The summed E-state index contributed by atoms with van der Waals surface area (Å²) in [5, 5.41) is 3.37. The van der Waals surface area contributed by atoms with Gasteiger partial charge in [-0.3, -0.25) is 9.69 Å². The third-order valence-corrected chi connectivity index (χ3v) is 4.58.